The molecule has 1 N–H and O–H groups in total. The van der Waals surface area contributed by atoms with Gasteiger partial charge in [-0.25, -0.2) is 4.98 Å². The summed E-state index contributed by atoms with van der Waals surface area (Å²) < 4.78 is 1.94. The number of imidazole rings is 1. The smallest absolute Gasteiger partial charge is 0.242 e. The van der Waals surface area contributed by atoms with Crippen molar-refractivity contribution in [2.75, 3.05) is 13.6 Å². The van der Waals surface area contributed by atoms with E-state index in [2.05, 4.69) is 10.3 Å². The van der Waals surface area contributed by atoms with E-state index in [1.165, 1.54) is 0 Å². The van der Waals surface area contributed by atoms with Gasteiger partial charge in [0.25, 0.3) is 0 Å². The molecule has 18 heavy (non-hydrogen) atoms. The second-order valence-corrected chi connectivity index (χ2v) is 5.33. The van der Waals surface area contributed by atoms with Crippen molar-refractivity contribution in [1.82, 2.24) is 19.8 Å². The number of carbonyl (C=O) groups excluding carboxylic acids is 1. The number of nitrogens with zero attached hydrogens (tertiary/aromatic N) is 3. The average molecular weight is 250 g/mol. The van der Waals surface area contributed by atoms with Crippen molar-refractivity contribution in [3.05, 3.63) is 18.2 Å². The van der Waals surface area contributed by atoms with Gasteiger partial charge in [-0.05, 0) is 32.7 Å². The van der Waals surface area contributed by atoms with Gasteiger partial charge in [0.05, 0.1) is 12.1 Å². The molecule has 1 aliphatic rings. The van der Waals surface area contributed by atoms with Crippen molar-refractivity contribution in [3.63, 3.8) is 0 Å². The van der Waals surface area contributed by atoms with Crippen LogP contribution in [0.15, 0.2) is 12.4 Å². The molecule has 2 heterocycles. The van der Waals surface area contributed by atoms with Crippen LogP contribution in [-0.4, -0.2) is 39.5 Å². The van der Waals surface area contributed by atoms with Gasteiger partial charge in [0.2, 0.25) is 5.91 Å². The summed E-state index contributed by atoms with van der Waals surface area (Å²) >= 11 is 0. The number of likely N-dealkylation sites (N-methyl/N-ethyl adjacent to an activating group) is 1. The number of aryl methyl sites for hydroxylation is 1. The lowest BCUT2D eigenvalue weighted by Gasteiger charge is -2.36. The standard InChI is InChI=1S/C13H22N4O/c1-13(6-4-5-7-15-13)12(18)17(3)10-11-14-8-9-16(11)2/h8-9,15H,4-7,10H2,1-3H3. The summed E-state index contributed by atoms with van der Waals surface area (Å²) in [5.41, 5.74) is -0.405. The SMILES string of the molecule is CN(Cc1nccn1C)C(=O)C1(C)CCCCN1. The van der Waals surface area contributed by atoms with Crippen LogP contribution in [0.5, 0.6) is 0 Å². The highest BCUT2D eigenvalue weighted by Crippen LogP contribution is 2.21. The summed E-state index contributed by atoms with van der Waals surface area (Å²) in [5, 5.41) is 3.35. The van der Waals surface area contributed by atoms with Crippen LogP contribution in [-0.2, 0) is 18.4 Å². The van der Waals surface area contributed by atoms with Gasteiger partial charge in [-0.2, -0.15) is 0 Å². The highest BCUT2D eigenvalue weighted by atomic mass is 16.2. The molecule has 1 unspecified atom stereocenters. The molecule has 1 amide bonds. The van der Waals surface area contributed by atoms with E-state index in [4.69, 9.17) is 0 Å². The summed E-state index contributed by atoms with van der Waals surface area (Å²) in [7, 11) is 3.79. The maximum absolute atomic E-state index is 12.5. The molecule has 1 fully saturated rings. The van der Waals surface area contributed by atoms with E-state index in [1.807, 2.05) is 31.8 Å². The fourth-order valence-electron chi connectivity index (χ4n) is 2.49. The van der Waals surface area contributed by atoms with Crippen molar-refractivity contribution in [3.8, 4) is 0 Å². The van der Waals surface area contributed by atoms with Crippen LogP contribution >= 0.6 is 0 Å². The number of amides is 1. The lowest BCUT2D eigenvalue weighted by Crippen LogP contribution is -2.57. The maximum Gasteiger partial charge on any atom is 0.242 e. The largest absolute Gasteiger partial charge is 0.337 e. The number of hydrogen-bond donors (Lipinski definition) is 1. The molecule has 100 valence electrons. The first-order valence-electron chi connectivity index (χ1n) is 6.50. The highest BCUT2D eigenvalue weighted by Gasteiger charge is 2.36. The fraction of sp³-hybridized carbons (Fsp3) is 0.692. The average Bonchev–Trinajstić information content (AvgIpc) is 2.75. The summed E-state index contributed by atoms with van der Waals surface area (Å²) in [6.45, 7) is 3.49. The molecule has 0 radical (unpaired) electrons. The zero-order valence-corrected chi connectivity index (χ0v) is 11.4. The van der Waals surface area contributed by atoms with Crippen LogP contribution in [0.3, 0.4) is 0 Å². The Balaban J connectivity index is 2.02. The Kier molecular flexibility index (Phi) is 3.71. The second kappa shape index (κ2) is 5.10. The summed E-state index contributed by atoms with van der Waals surface area (Å²) in [4.78, 5) is 18.5. The van der Waals surface area contributed by atoms with Gasteiger partial charge in [-0.15, -0.1) is 0 Å². The van der Waals surface area contributed by atoms with Gasteiger partial charge in [-0.3, -0.25) is 4.79 Å². The zero-order valence-electron chi connectivity index (χ0n) is 11.4. The normalized spacial score (nSPS) is 23.9. The van der Waals surface area contributed by atoms with E-state index in [0.717, 1.165) is 31.6 Å². The van der Waals surface area contributed by atoms with Crippen molar-refractivity contribution in [2.45, 2.75) is 38.3 Å². The second-order valence-electron chi connectivity index (χ2n) is 5.33. The van der Waals surface area contributed by atoms with E-state index < -0.39 is 5.54 Å². The molecule has 0 bridgehead atoms. The molecule has 1 saturated heterocycles. The minimum absolute atomic E-state index is 0.158. The topological polar surface area (TPSA) is 50.2 Å². The highest BCUT2D eigenvalue weighted by molar-refractivity contribution is 5.85. The molecule has 2 rings (SSSR count). The van der Waals surface area contributed by atoms with Gasteiger partial charge < -0.3 is 14.8 Å². The van der Waals surface area contributed by atoms with Gasteiger partial charge in [0.1, 0.15) is 5.82 Å². The van der Waals surface area contributed by atoms with E-state index in [1.54, 1.807) is 11.1 Å². The predicted octanol–water partition coefficient (Wildman–Crippen LogP) is 0.911. The minimum Gasteiger partial charge on any atom is -0.337 e. The predicted molar refractivity (Wildman–Crippen MR) is 69.9 cm³/mol. The van der Waals surface area contributed by atoms with E-state index in [0.29, 0.717) is 6.54 Å². The van der Waals surface area contributed by atoms with E-state index >= 15 is 0 Å². The molecule has 0 saturated carbocycles. The lowest BCUT2D eigenvalue weighted by molar-refractivity contribution is -0.138. The Labute approximate surface area is 108 Å². The quantitative estimate of drug-likeness (QED) is 0.867. The number of hydrogen-bond acceptors (Lipinski definition) is 3. The third-order valence-electron chi connectivity index (χ3n) is 3.74. The third-order valence-corrected chi connectivity index (χ3v) is 3.74. The van der Waals surface area contributed by atoms with Crippen LogP contribution in [0.25, 0.3) is 0 Å². The van der Waals surface area contributed by atoms with Crippen molar-refractivity contribution in [1.29, 1.82) is 0 Å². The summed E-state index contributed by atoms with van der Waals surface area (Å²) in [6.07, 6.45) is 6.84. The Hall–Kier alpha value is -1.36. The third kappa shape index (κ3) is 2.56. The van der Waals surface area contributed by atoms with Crippen LogP contribution in [0, 0.1) is 0 Å². The van der Waals surface area contributed by atoms with Gasteiger partial charge >= 0.3 is 0 Å². The van der Waals surface area contributed by atoms with Gasteiger partial charge in [0, 0.05) is 26.5 Å². The van der Waals surface area contributed by atoms with Crippen LogP contribution in [0.4, 0.5) is 0 Å². The molecule has 1 aromatic heterocycles. The number of rotatable bonds is 3. The van der Waals surface area contributed by atoms with Gasteiger partial charge in [-0.1, -0.05) is 0 Å². The summed E-state index contributed by atoms with van der Waals surface area (Å²) in [6, 6.07) is 0. The molecule has 0 spiro atoms. The first-order chi connectivity index (χ1) is 8.53. The van der Waals surface area contributed by atoms with Crippen molar-refractivity contribution < 1.29 is 4.79 Å². The summed E-state index contributed by atoms with van der Waals surface area (Å²) in [5.74, 6) is 1.07. The van der Waals surface area contributed by atoms with E-state index in [9.17, 15) is 4.79 Å². The minimum atomic E-state index is -0.405. The first-order valence-corrected chi connectivity index (χ1v) is 6.50. The molecule has 0 aromatic carbocycles. The first kappa shape index (κ1) is 13.1. The molecule has 5 heteroatoms. The fourth-order valence-corrected chi connectivity index (χ4v) is 2.49. The van der Waals surface area contributed by atoms with Gasteiger partial charge in [0.15, 0.2) is 0 Å². The molecule has 5 nitrogen and oxygen atoms in total. The molecule has 1 atom stereocenters. The molecule has 1 aromatic rings. The number of nitrogens with one attached hydrogen (secondary N) is 1. The zero-order chi connectivity index (χ0) is 13.2. The molecular weight excluding hydrogens is 228 g/mol. The molecule has 0 aliphatic carbocycles. The monoisotopic (exact) mass is 250 g/mol. The Bertz CT molecular complexity index is 420. The lowest BCUT2D eigenvalue weighted by atomic mass is 9.89. The molecule has 1 aliphatic heterocycles. The number of piperidine rings is 1. The van der Waals surface area contributed by atoms with Crippen molar-refractivity contribution >= 4 is 5.91 Å². The van der Waals surface area contributed by atoms with Crippen molar-refractivity contribution in [2.24, 2.45) is 7.05 Å². The van der Waals surface area contributed by atoms with E-state index in [-0.39, 0.29) is 5.91 Å². The van der Waals surface area contributed by atoms with Crippen LogP contribution in [0.1, 0.15) is 32.0 Å². The number of carbonyl (C=O) groups is 1. The Morgan fingerprint density at radius 3 is 2.94 bits per heavy atom. The van der Waals surface area contributed by atoms with Crippen LogP contribution < -0.4 is 5.32 Å². The maximum atomic E-state index is 12.5. The molecular formula is C13H22N4O. The Morgan fingerprint density at radius 2 is 2.39 bits per heavy atom. The van der Waals surface area contributed by atoms with Crippen LogP contribution in [0.2, 0.25) is 0 Å². The number of aromatic nitrogens is 2. The Morgan fingerprint density at radius 1 is 1.61 bits per heavy atom.